The standard InChI is InChI=1S/C10H10N6O/c1-15-3-8(13-6-15)2-12-5-16-4-9(10(11)17)14-7-16/h3-4,6-7H,5H2,1H3,(H-,11,17)/p+1. The summed E-state index contributed by atoms with van der Waals surface area (Å²) < 4.78 is 3.44. The van der Waals surface area contributed by atoms with E-state index in [4.69, 9.17) is 5.73 Å². The Morgan fingerprint density at radius 1 is 1.47 bits per heavy atom. The van der Waals surface area contributed by atoms with E-state index in [0.717, 1.165) is 0 Å². The predicted octanol–water partition coefficient (Wildman–Crippen LogP) is 0.0542. The zero-order valence-electron chi connectivity index (χ0n) is 9.24. The van der Waals surface area contributed by atoms with Gasteiger partial charge in [-0.05, 0) is 0 Å². The summed E-state index contributed by atoms with van der Waals surface area (Å²) in [4.78, 5) is 22.7. The largest absolute Gasteiger partial charge is 0.364 e. The van der Waals surface area contributed by atoms with Gasteiger partial charge >= 0.3 is 12.7 Å². The lowest BCUT2D eigenvalue weighted by Gasteiger charge is -1.83. The summed E-state index contributed by atoms with van der Waals surface area (Å²) in [6, 6.07) is 2.78. The Labute approximate surface area is 97.3 Å². The summed E-state index contributed by atoms with van der Waals surface area (Å²) in [6.45, 7) is 0.316. The van der Waals surface area contributed by atoms with Crippen molar-refractivity contribution in [2.24, 2.45) is 12.8 Å². The van der Waals surface area contributed by atoms with E-state index in [1.165, 1.54) is 12.5 Å². The van der Waals surface area contributed by atoms with Crippen LogP contribution in [0.25, 0.3) is 4.85 Å². The average Bonchev–Trinajstić information content (AvgIpc) is 2.88. The van der Waals surface area contributed by atoms with Crippen molar-refractivity contribution in [3.8, 4) is 6.07 Å². The van der Waals surface area contributed by atoms with Crippen molar-refractivity contribution >= 4 is 5.91 Å². The average molecular weight is 231 g/mol. The van der Waals surface area contributed by atoms with Crippen LogP contribution in [-0.4, -0.2) is 25.0 Å². The second kappa shape index (κ2) is 4.49. The van der Waals surface area contributed by atoms with Gasteiger partial charge in [0.25, 0.3) is 5.91 Å². The van der Waals surface area contributed by atoms with Gasteiger partial charge < -0.3 is 10.3 Å². The highest BCUT2D eigenvalue weighted by Gasteiger charge is 2.06. The molecule has 2 rings (SSSR count). The van der Waals surface area contributed by atoms with Gasteiger partial charge in [-0.15, -0.1) is 0 Å². The summed E-state index contributed by atoms with van der Waals surface area (Å²) in [5.41, 5.74) is 5.95. The Hall–Kier alpha value is -2.62. The van der Waals surface area contributed by atoms with Crippen LogP contribution in [0, 0.1) is 6.07 Å². The second-order valence-corrected chi connectivity index (χ2v) is 3.47. The molecule has 2 heterocycles. The Kier molecular flexibility index (Phi) is 2.87. The van der Waals surface area contributed by atoms with Crippen LogP contribution in [0.2, 0.25) is 0 Å². The van der Waals surface area contributed by atoms with Crippen molar-refractivity contribution < 1.29 is 4.79 Å². The number of aryl methyl sites for hydroxylation is 1. The first-order valence-corrected chi connectivity index (χ1v) is 4.87. The van der Waals surface area contributed by atoms with Crippen LogP contribution in [0.3, 0.4) is 0 Å². The molecule has 17 heavy (non-hydrogen) atoms. The lowest BCUT2D eigenvalue weighted by atomic mass is 10.5. The first kappa shape index (κ1) is 10.9. The molecule has 0 saturated carbocycles. The van der Waals surface area contributed by atoms with Crippen LogP contribution < -0.4 is 5.73 Å². The molecule has 7 nitrogen and oxygen atoms in total. The van der Waals surface area contributed by atoms with E-state index >= 15 is 0 Å². The molecule has 0 radical (unpaired) electrons. The molecule has 0 aliphatic rings. The van der Waals surface area contributed by atoms with Gasteiger partial charge in [0.05, 0.1) is 6.33 Å². The number of nitrogens with two attached hydrogens (primary N) is 1. The number of carbonyl (C=O) groups is 1. The molecule has 0 fully saturated rings. The highest BCUT2D eigenvalue weighted by atomic mass is 16.1. The van der Waals surface area contributed by atoms with Gasteiger partial charge in [0.1, 0.15) is 12.0 Å². The Bertz CT molecular complexity index is 600. The number of rotatable bonds is 2. The molecular weight excluding hydrogens is 220 g/mol. The number of hydrogen-bond acceptors (Lipinski definition) is 3. The van der Waals surface area contributed by atoms with E-state index in [1.807, 2.05) is 7.05 Å². The first-order chi connectivity index (χ1) is 8.15. The summed E-state index contributed by atoms with van der Waals surface area (Å²) in [7, 11) is 1.87. The van der Waals surface area contributed by atoms with Gasteiger partial charge in [-0.3, -0.25) is 9.36 Å². The minimum absolute atomic E-state index is 0.220. The van der Waals surface area contributed by atoms with Crippen molar-refractivity contribution in [3.05, 3.63) is 41.3 Å². The van der Waals surface area contributed by atoms with Gasteiger partial charge in [0.15, 0.2) is 0 Å². The summed E-state index contributed by atoms with van der Waals surface area (Å²) in [5.74, 6) is -0.554. The maximum Gasteiger partial charge on any atom is 0.343 e. The zero-order chi connectivity index (χ0) is 12.3. The van der Waals surface area contributed by atoms with Gasteiger partial charge in [-0.25, -0.2) is 9.97 Å². The van der Waals surface area contributed by atoms with Crippen molar-refractivity contribution in [1.29, 1.82) is 0 Å². The molecule has 0 atom stereocenters. The maximum absolute atomic E-state index is 10.8. The highest BCUT2D eigenvalue weighted by Crippen LogP contribution is 1.96. The van der Waals surface area contributed by atoms with E-state index < -0.39 is 5.91 Å². The van der Waals surface area contributed by atoms with Crippen LogP contribution in [0.1, 0.15) is 16.2 Å². The van der Waals surface area contributed by atoms with Gasteiger partial charge in [-0.1, -0.05) is 4.85 Å². The number of carbonyl (C=O) groups excluding carboxylic acids is 1. The molecule has 0 saturated heterocycles. The van der Waals surface area contributed by atoms with E-state index in [2.05, 4.69) is 20.9 Å². The molecule has 2 N–H and O–H groups in total. The second-order valence-electron chi connectivity index (χ2n) is 3.47. The molecule has 0 aliphatic heterocycles. The Balaban J connectivity index is 2.02. The third kappa shape index (κ3) is 2.69. The van der Waals surface area contributed by atoms with Gasteiger partial charge in [0.2, 0.25) is 5.69 Å². The van der Waals surface area contributed by atoms with Crippen molar-refractivity contribution in [1.82, 2.24) is 19.1 Å². The fourth-order valence-electron chi connectivity index (χ4n) is 1.23. The molecule has 7 heteroatoms. The van der Waals surface area contributed by atoms with Crippen LogP contribution in [-0.2, 0) is 13.7 Å². The third-order valence-corrected chi connectivity index (χ3v) is 2.02. The number of amides is 1. The molecular formula is C10H11N6O+. The normalized spacial score (nSPS) is 9.71. The third-order valence-electron chi connectivity index (χ3n) is 2.02. The van der Waals surface area contributed by atoms with Gasteiger partial charge in [0, 0.05) is 19.4 Å². The molecule has 2 aromatic rings. The monoisotopic (exact) mass is 231 g/mol. The minimum Gasteiger partial charge on any atom is -0.364 e. The quantitative estimate of drug-likeness (QED) is 0.792. The zero-order valence-corrected chi connectivity index (χ0v) is 9.24. The molecule has 0 bridgehead atoms. The van der Waals surface area contributed by atoms with E-state index in [0.29, 0.717) is 12.4 Å². The maximum atomic E-state index is 10.8. The summed E-state index contributed by atoms with van der Waals surface area (Å²) >= 11 is 0. The molecule has 86 valence electrons. The van der Waals surface area contributed by atoms with Crippen molar-refractivity contribution in [2.45, 2.75) is 6.67 Å². The number of primary amides is 1. The predicted molar refractivity (Wildman–Crippen MR) is 60.3 cm³/mol. The number of hydrogen-bond donors (Lipinski definition) is 1. The highest BCUT2D eigenvalue weighted by molar-refractivity contribution is 5.90. The molecule has 1 amide bonds. The van der Waals surface area contributed by atoms with E-state index in [-0.39, 0.29) is 5.69 Å². The number of aromatic nitrogens is 4. The van der Waals surface area contributed by atoms with Gasteiger partial charge in [-0.2, -0.15) is 0 Å². The lowest BCUT2D eigenvalue weighted by Crippen LogP contribution is -2.11. The Morgan fingerprint density at radius 2 is 2.29 bits per heavy atom. The van der Waals surface area contributed by atoms with Crippen molar-refractivity contribution in [3.63, 3.8) is 0 Å². The van der Waals surface area contributed by atoms with Crippen LogP contribution in [0.4, 0.5) is 0 Å². The number of nitrogens with zero attached hydrogens (tertiary/aromatic N) is 5. The lowest BCUT2D eigenvalue weighted by molar-refractivity contribution is 0.0996. The fraction of sp³-hybridized carbons (Fsp3) is 0.200. The molecule has 0 spiro atoms. The van der Waals surface area contributed by atoms with Crippen LogP contribution in [0.5, 0.6) is 0 Å². The van der Waals surface area contributed by atoms with E-state index in [9.17, 15) is 4.79 Å². The molecule has 2 aromatic heterocycles. The Morgan fingerprint density at radius 3 is 2.88 bits per heavy atom. The molecule has 0 aliphatic carbocycles. The molecule has 0 unspecified atom stereocenters. The SMILES string of the molecule is Cn1cnc(C#[N+]Cn2cnc(C(N)=O)c2)c1. The van der Waals surface area contributed by atoms with Crippen molar-refractivity contribution in [2.75, 3.05) is 0 Å². The number of imidazole rings is 2. The summed E-state index contributed by atoms with van der Waals surface area (Å²) in [6.07, 6.45) is 6.49. The van der Waals surface area contributed by atoms with E-state index in [1.54, 1.807) is 21.7 Å². The first-order valence-electron chi connectivity index (χ1n) is 4.87. The fourth-order valence-corrected chi connectivity index (χ4v) is 1.23. The van der Waals surface area contributed by atoms with Crippen LogP contribution >= 0.6 is 0 Å². The van der Waals surface area contributed by atoms with Crippen LogP contribution in [0.15, 0.2) is 25.0 Å². The smallest absolute Gasteiger partial charge is 0.343 e. The topological polar surface area (TPSA) is 83.1 Å². The minimum atomic E-state index is -0.554. The summed E-state index contributed by atoms with van der Waals surface area (Å²) in [5, 5.41) is 0. The molecule has 0 aromatic carbocycles.